The largest absolute Gasteiger partial charge is 0.366 e. The van der Waals surface area contributed by atoms with Crippen LogP contribution in [0.5, 0.6) is 0 Å². The third-order valence-corrected chi connectivity index (χ3v) is 4.25. The first-order chi connectivity index (χ1) is 11.8. The van der Waals surface area contributed by atoms with Gasteiger partial charge < -0.3 is 25.8 Å². The quantitative estimate of drug-likeness (QED) is 0.577. The summed E-state index contributed by atoms with van der Waals surface area (Å²) >= 11 is 5.35. The summed E-state index contributed by atoms with van der Waals surface area (Å²) < 4.78 is 5.08. The van der Waals surface area contributed by atoms with Crippen molar-refractivity contribution in [3.8, 4) is 0 Å². The molecule has 7 heteroatoms. The molecule has 1 saturated heterocycles. The van der Waals surface area contributed by atoms with Crippen molar-refractivity contribution in [2.75, 3.05) is 11.9 Å². The highest BCUT2D eigenvalue weighted by molar-refractivity contribution is 7.80. The number of aryl methyl sites for hydroxylation is 1. The number of nitrogens with one attached hydrogen (secondary N) is 3. The second-order valence-corrected chi connectivity index (χ2v) is 7.22. The van der Waals surface area contributed by atoms with Crippen molar-refractivity contribution >= 4 is 28.9 Å². The predicted molar refractivity (Wildman–Crippen MR) is 102 cm³/mol. The van der Waals surface area contributed by atoms with Crippen LogP contribution in [0.3, 0.4) is 0 Å². The van der Waals surface area contributed by atoms with E-state index in [0.29, 0.717) is 30.5 Å². The van der Waals surface area contributed by atoms with Crippen LogP contribution in [0.25, 0.3) is 0 Å². The Labute approximate surface area is 154 Å². The van der Waals surface area contributed by atoms with Crippen LogP contribution in [0.2, 0.25) is 0 Å². The molecular formula is C18H27N3O3S. The number of rotatable bonds is 6. The summed E-state index contributed by atoms with van der Waals surface area (Å²) in [4.78, 5) is 12.6. The zero-order chi connectivity index (χ0) is 18.4. The molecule has 0 spiro atoms. The second-order valence-electron chi connectivity index (χ2n) is 6.81. The van der Waals surface area contributed by atoms with Gasteiger partial charge in [0, 0.05) is 5.69 Å². The predicted octanol–water partition coefficient (Wildman–Crippen LogP) is 1.92. The van der Waals surface area contributed by atoms with Gasteiger partial charge in [-0.15, -0.1) is 0 Å². The maximum absolute atomic E-state index is 12.6. The Balaban J connectivity index is 1.94. The van der Waals surface area contributed by atoms with Gasteiger partial charge in [-0.1, -0.05) is 31.5 Å². The molecule has 25 heavy (non-hydrogen) atoms. The smallest absolute Gasteiger partial charge is 0.242 e. The molecular weight excluding hydrogens is 338 g/mol. The molecule has 1 aromatic carbocycles. The molecule has 1 aromatic rings. The van der Waals surface area contributed by atoms with Gasteiger partial charge in [0.05, 0.1) is 12.6 Å². The summed E-state index contributed by atoms with van der Waals surface area (Å²) in [7, 11) is 0. The number of amides is 1. The van der Waals surface area contributed by atoms with E-state index in [9.17, 15) is 9.90 Å². The molecule has 0 aromatic heterocycles. The summed E-state index contributed by atoms with van der Waals surface area (Å²) in [6.45, 7) is 6.56. The number of ether oxygens (including phenoxy) is 1. The van der Waals surface area contributed by atoms with Crippen LogP contribution in [0.15, 0.2) is 24.3 Å². The van der Waals surface area contributed by atoms with Gasteiger partial charge in [0.15, 0.2) is 11.4 Å². The maximum atomic E-state index is 12.6. The fraction of sp³-hybridized carbons (Fsp3) is 0.556. The van der Waals surface area contributed by atoms with Gasteiger partial charge in [0.1, 0.15) is 6.04 Å². The average Bonchev–Trinajstić information content (AvgIpc) is 2.93. The van der Waals surface area contributed by atoms with Crippen LogP contribution < -0.4 is 16.0 Å². The van der Waals surface area contributed by atoms with E-state index in [4.69, 9.17) is 17.0 Å². The van der Waals surface area contributed by atoms with Crippen molar-refractivity contribution in [2.45, 2.75) is 52.0 Å². The van der Waals surface area contributed by atoms with Gasteiger partial charge in [-0.2, -0.15) is 0 Å². The number of carbonyl (C=O) groups excluding carboxylic acids is 1. The van der Waals surface area contributed by atoms with Gasteiger partial charge in [-0.05, 0) is 50.0 Å². The lowest BCUT2D eigenvalue weighted by Crippen LogP contribution is -2.52. The first kappa shape index (κ1) is 19.6. The van der Waals surface area contributed by atoms with Gasteiger partial charge >= 0.3 is 0 Å². The van der Waals surface area contributed by atoms with Crippen molar-refractivity contribution in [3.63, 3.8) is 0 Å². The number of hydrogen-bond donors (Lipinski definition) is 4. The maximum Gasteiger partial charge on any atom is 0.242 e. The fourth-order valence-corrected chi connectivity index (χ4v) is 2.93. The Morgan fingerprint density at radius 3 is 2.60 bits per heavy atom. The molecule has 3 atom stereocenters. The van der Waals surface area contributed by atoms with Crippen molar-refractivity contribution in [1.29, 1.82) is 0 Å². The summed E-state index contributed by atoms with van der Waals surface area (Å²) in [6.07, 6.45) is 0.291. The topological polar surface area (TPSA) is 82.6 Å². The highest BCUT2D eigenvalue weighted by atomic mass is 32.1. The lowest BCUT2D eigenvalue weighted by molar-refractivity contribution is -0.127. The number of hydrogen-bond acceptors (Lipinski definition) is 4. The van der Waals surface area contributed by atoms with Crippen LogP contribution in [0, 0.1) is 12.8 Å². The molecule has 1 heterocycles. The molecule has 1 fully saturated rings. The van der Waals surface area contributed by atoms with E-state index in [1.807, 2.05) is 45.0 Å². The Hall–Kier alpha value is -1.70. The fourth-order valence-electron chi connectivity index (χ4n) is 2.67. The van der Waals surface area contributed by atoms with E-state index in [1.54, 1.807) is 0 Å². The summed E-state index contributed by atoms with van der Waals surface area (Å²) in [5.41, 5.74) is 2.03. The van der Waals surface area contributed by atoms with E-state index in [-0.39, 0.29) is 11.9 Å². The molecule has 0 aliphatic carbocycles. The molecule has 1 aliphatic rings. The van der Waals surface area contributed by atoms with Crippen LogP contribution >= 0.6 is 12.2 Å². The zero-order valence-electron chi connectivity index (χ0n) is 14.9. The number of aliphatic hydroxyl groups excluding tert-OH is 1. The summed E-state index contributed by atoms with van der Waals surface area (Å²) in [6, 6.07) is 7.01. The van der Waals surface area contributed by atoms with Crippen molar-refractivity contribution in [3.05, 3.63) is 29.8 Å². The van der Waals surface area contributed by atoms with Crippen LogP contribution in [-0.4, -0.2) is 41.1 Å². The second kappa shape index (κ2) is 9.12. The lowest BCUT2D eigenvalue weighted by Gasteiger charge is -2.24. The van der Waals surface area contributed by atoms with Crippen LogP contribution in [0.4, 0.5) is 5.69 Å². The summed E-state index contributed by atoms with van der Waals surface area (Å²) in [5, 5.41) is 19.1. The Kier molecular flexibility index (Phi) is 7.16. The van der Waals surface area contributed by atoms with Crippen molar-refractivity contribution in [1.82, 2.24) is 10.6 Å². The Bertz CT molecular complexity index is 592. The molecule has 138 valence electrons. The van der Waals surface area contributed by atoms with Crippen molar-refractivity contribution < 1.29 is 14.6 Å². The molecule has 1 aliphatic heterocycles. The standard InChI is InChI=1S/C18H27N3O3S/c1-11(2)10-15(16(22)20-14-8-9-24-17(14)23)21-18(25)19-13-6-4-12(3)5-7-13/h4-7,11,14-15,17,23H,8-10H2,1-3H3,(H,20,22)(H2,19,21,25)/t14-,15-,17?/m0/s1. The van der Waals surface area contributed by atoms with E-state index in [0.717, 1.165) is 5.69 Å². The van der Waals surface area contributed by atoms with Gasteiger partial charge in [-0.3, -0.25) is 4.79 Å². The van der Waals surface area contributed by atoms with Gasteiger partial charge in [0.2, 0.25) is 5.91 Å². The molecule has 0 saturated carbocycles. The molecule has 1 amide bonds. The number of benzene rings is 1. The first-order valence-electron chi connectivity index (χ1n) is 8.59. The van der Waals surface area contributed by atoms with Crippen LogP contribution in [0.1, 0.15) is 32.3 Å². The third-order valence-electron chi connectivity index (χ3n) is 4.03. The van der Waals surface area contributed by atoms with Gasteiger partial charge in [-0.25, -0.2) is 0 Å². The number of carbonyl (C=O) groups is 1. The molecule has 6 nitrogen and oxygen atoms in total. The first-order valence-corrected chi connectivity index (χ1v) is 9.00. The summed E-state index contributed by atoms with van der Waals surface area (Å²) in [5.74, 6) is 0.131. The Morgan fingerprint density at radius 2 is 2.04 bits per heavy atom. The van der Waals surface area contributed by atoms with E-state index < -0.39 is 12.3 Å². The minimum atomic E-state index is -0.943. The highest BCUT2D eigenvalue weighted by Crippen LogP contribution is 2.13. The molecule has 1 unspecified atom stereocenters. The third kappa shape index (κ3) is 6.26. The Morgan fingerprint density at radius 1 is 1.36 bits per heavy atom. The molecule has 0 bridgehead atoms. The number of thiocarbonyl (C=S) groups is 1. The van der Waals surface area contributed by atoms with E-state index >= 15 is 0 Å². The monoisotopic (exact) mass is 365 g/mol. The van der Waals surface area contributed by atoms with E-state index in [1.165, 1.54) is 5.56 Å². The highest BCUT2D eigenvalue weighted by Gasteiger charge is 2.30. The average molecular weight is 365 g/mol. The molecule has 0 radical (unpaired) electrons. The minimum Gasteiger partial charge on any atom is -0.366 e. The van der Waals surface area contributed by atoms with E-state index in [2.05, 4.69) is 16.0 Å². The van der Waals surface area contributed by atoms with Gasteiger partial charge in [0.25, 0.3) is 0 Å². The molecule has 2 rings (SSSR count). The number of anilines is 1. The number of aliphatic hydroxyl groups is 1. The van der Waals surface area contributed by atoms with Crippen molar-refractivity contribution in [2.24, 2.45) is 5.92 Å². The van der Waals surface area contributed by atoms with Crippen LogP contribution in [-0.2, 0) is 9.53 Å². The normalized spacial score (nSPS) is 21.0. The molecule has 4 N–H and O–H groups in total. The SMILES string of the molecule is Cc1ccc(NC(=S)N[C@@H](CC(C)C)C(=O)N[C@H]2CCOC2O)cc1. The lowest BCUT2D eigenvalue weighted by atomic mass is 10.0. The minimum absolute atomic E-state index is 0.184. The zero-order valence-corrected chi connectivity index (χ0v) is 15.7.